The lowest BCUT2D eigenvalue weighted by Gasteiger charge is -2.18. The predicted molar refractivity (Wildman–Crippen MR) is 131 cm³/mol. The predicted octanol–water partition coefficient (Wildman–Crippen LogP) is 5.66. The monoisotopic (exact) mass is 485 g/mol. The van der Waals surface area contributed by atoms with Crippen LogP contribution in [0.3, 0.4) is 0 Å². The minimum Gasteiger partial charge on any atom is -0.486 e. The van der Waals surface area contributed by atoms with Gasteiger partial charge < -0.3 is 14.4 Å². The smallest absolute Gasteiger partial charge is 0.266 e. The van der Waals surface area contributed by atoms with Gasteiger partial charge in [-0.2, -0.15) is 0 Å². The molecule has 1 saturated heterocycles. The van der Waals surface area contributed by atoms with E-state index in [4.69, 9.17) is 26.1 Å². The topological polar surface area (TPSA) is 54.4 Å². The van der Waals surface area contributed by atoms with E-state index >= 15 is 0 Å². The number of halogens is 1. The number of thioether (sulfide) groups is 2. The maximum absolute atomic E-state index is 13.0. The zero-order chi connectivity index (χ0) is 22.2. The molecule has 0 saturated carbocycles. The number of amides is 1. The number of ether oxygens (including phenoxy) is 2. The molecular formula is C23H20ClN3O3S2. The van der Waals surface area contributed by atoms with Crippen LogP contribution in [0.4, 0.5) is 11.4 Å². The second-order valence-electron chi connectivity index (χ2n) is 7.18. The SMILES string of the molecule is CCN1C(=O)/C(=C\C=C2/Sc3ccc(Cl)cc3N2C)SC1=Nc1ccc2c(c1)OCCO2. The van der Waals surface area contributed by atoms with Gasteiger partial charge in [0, 0.05) is 29.6 Å². The highest BCUT2D eigenvalue weighted by molar-refractivity contribution is 8.18. The Bertz CT molecular complexity index is 1200. The summed E-state index contributed by atoms with van der Waals surface area (Å²) >= 11 is 9.17. The molecule has 0 radical (unpaired) electrons. The van der Waals surface area contributed by atoms with Crippen LogP contribution in [0.25, 0.3) is 0 Å². The zero-order valence-electron chi connectivity index (χ0n) is 17.5. The molecule has 0 spiro atoms. The summed E-state index contributed by atoms with van der Waals surface area (Å²) in [6.07, 6.45) is 3.84. The molecule has 0 atom stereocenters. The molecule has 32 heavy (non-hydrogen) atoms. The fraction of sp³-hybridized carbons (Fsp3) is 0.217. The molecule has 1 amide bonds. The highest BCUT2D eigenvalue weighted by Crippen LogP contribution is 2.46. The molecule has 0 bridgehead atoms. The third-order valence-corrected chi connectivity index (χ3v) is 7.60. The van der Waals surface area contributed by atoms with Gasteiger partial charge in [0.2, 0.25) is 0 Å². The molecule has 164 valence electrons. The second-order valence-corrected chi connectivity index (χ2v) is 9.69. The Labute approximate surface area is 199 Å². The van der Waals surface area contributed by atoms with Crippen LogP contribution in [0.15, 0.2) is 68.4 Å². The maximum atomic E-state index is 13.0. The molecule has 3 heterocycles. The first-order chi connectivity index (χ1) is 15.5. The molecule has 2 aromatic carbocycles. The number of fused-ring (bicyclic) bond motifs is 2. The van der Waals surface area contributed by atoms with Crippen LogP contribution in [-0.4, -0.2) is 42.8 Å². The summed E-state index contributed by atoms with van der Waals surface area (Å²) in [6.45, 7) is 3.55. The van der Waals surface area contributed by atoms with Crippen molar-refractivity contribution >= 4 is 57.6 Å². The van der Waals surface area contributed by atoms with Gasteiger partial charge in [-0.25, -0.2) is 4.99 Å². The standard InChI is InChI=1S/C23H20ClN3O3S2/c1-3-27-22(28)20(8-9-21-26(2)16-12-14(24)4-7-19(16)31-21)32-23(27)25-15-5-6-17-18(13-15)30-11-10-29-17/h4-9,12-13H,3,10-11H2,1-2H3/b20-8+,21-9-,25-23?. The van der Waals surface area contributed by atoms with Crippen molar-refractivity contribution in [1.82, 2.24) is 4.90 Å². The summed E-state index contributed by atoms with van der Waals surface area (Å²) in [4.78, 5) is 23.2. The fourth-order valence-electron chi connectivity index (χ4n) is 3.53. The highest BCUT2D eigenvalue weighted by atomic mass is 35.5. The van der Waals surface area contributed by atoms with Gasteiger partial charge in [-0.15, -0.1) is 0 Å². The number of amidine groups is 1. The lowest BCUT2D eigenvalue weighted by molar-refractivity contribution is -0.122. The number of anilines is 1. The summed E-state index contributed by atoms with van der Waals surface area (Å²) in [5.41, 5.74) is 1.79. The summed E-state index contributed by atoms with van der Waals surface area (Å²) in [7, 11) is 2.00. The second kappa shape index (κ2) is 8.77. The average Bonchev–Trinajstić information content (AvgIpc) is 3.27. The first-order valence-electron chi connectivity index (χ1n) is 10.1. The molecule has 0 N–H and O–H groups in total. The van der Waals surface area contributed by atoms with Crippen LogP contribution >= 0.6 is 35.1 Å². The Morgan fingerprint density at radius 3 is 2.72 bits per heavy atom. The molecule has 3 aliphatic rings. The minimum absolute atomic E-state index is 0.0446. The lowest BCUT2D eigenvalue weighted by atomic mass is 10.2. The van der Waals surface area contributed by atoms with Crippen molar-refractivity contribution in [2.75, 3.05) is 31.7 Å². The summed E-state index contributed by atoms with van der Waals surface area (Å²) in [6, 6.07) is 11.4. The van der Waals surface area contributed by atoms with Crippen molar-refractivity contribution in [2.45, 2.75) is 11.8 Å². The number of benzene rings is 2. The fourth-order valence-corrected chi connectivity index (χ4v) is 5.73. The molecule has 0 aliphatic carbocycles. The van der Waals surface area contributed by atoms with Gasteiger partial charge in [0.15, 0.2) is 16.7 Å². The van der Waals surface area contributed by atoms with Crippen molar-refractivity contribution in [3.63, 3.8) is 0 Å². The van der Waals surface area contributed by atoms with Crippen LogP contribution in [0.2, 0.25) is 5.02 Å². The third kappa shape index (κ3) is 3.98. The maximum Gasteiger partial charge on any atom is 0.266 e. The molecule has 2 aromatic rings. The van der Waals surface area contributed by atoms with Gasteiger partial charge in [-0.1, -0.05) is 23.4 Å². The number of allylic oxidation sites excluding steroid dienone is 2. The van der Waals surface area contributed by atoms with Crippen molar-refractivity contribution in [2.24, 2.45) is 4.99 Å². The number of likely N-dealkylation sites (N-methyl/N-ethyl adjacent to an activating group) is 1. The Kier molecular flexibility index (Phi) is 5.84. The number of rotatable bonds is 3. The molecule has 1 fully saturated rings. The largest absolute Gasteiger partial charge is 0.486 e. The number of nitrogens with zero attached hydrogens (tertiary/aromatic N) is 3. The number of carbonyl (C=O) groups excluding carboxylic acids is 1. The average molecular weight is 486 g/mol. The molecule has 0 unspecified atom stereocenters. The van der Waals surface area contributed by atoms with Crippen LogP contribution in [-0.2, 0) is 4.79 Å². The van der Waals surface area contributed by atoms with E-state index < -0.39 is 0 Å². The molecule has 5 rings (SSSR count). The lowest BCUT2D eigenvalue weighted by Crippen LogP contribution is -2.28. The highest BCUT2D eigenvalue weighted by Gasteiger charge is 2.32. The quantitative estimate of drug-likeness (QED) is 0.523. The van der Waals surface area contributed by atoms with E-state index in [0.717, 1.165) is 27.0 Å². The summed E-state index contributed by atoms with van der Waals surface area (Å²) in [5, 5.41) is 2.39. The van der Waals surface area contributed by atoms with Crippen molar-refractivity contribution in [3.05, 3.63) is 63.5 Å². The van der Waals surface area contributed by atoms with Crippen LogP contribution < -0.4 is 14.4 Å². The number of hydrogen-bond acceptors (Lipinski definition) is 7. The van der Waals surface area contributed by atoms with Gasteiger partial charge in [-0.3, -0.25) is 9.69 Å². The Morgan fingerprint density at radius 2 is 1.91 bits per heavy atom. The van der Waals surface area contributed by atoms with E-state index in [9.17, 15) is 4.79 Å². The first kappa shape index (κ1) is 21.3. The molecule has 3 aliphatic heterocycles. The van der Waals surface area contributed by atoms with Crippen LogP contribution in [0.1, 0.15) is 6.92 Å². The summed E-state index contributed by atoms with van der Waals surface area (Å²) in [5.74, 6) is 1.35. The van der Waals surface area contributed by atoms with Crippen molar-refractivity contribution in [3.8, 4) is 11.5 Å². The third-order valence-electron chi connectivity index (χ3n) is 5.16. The van der Waals surface area contributed by atoms with E-state index in [1.165, 1.54) is 11.8 Å². The number of carbonyl (C=O) groups is 1. The van der Waals surface area contributed by atoms with E-state index in [1.54, 1.807) is 16.7 Å². The van der Waals surface area contributed by atoms with Crippen molar-refractivity contribution < 1.29 is 14.3 Å². The van der Waals surface area contributed by atoms with Crippen LogP contribution in [0, 0.1) is 0 Å². The molecular weight excluding hydrogens is 466 g/mol. The van der Waals surface area contributed by atoms with Gasteiger partial charge in [0.1, 0.15) is 13.2 Å². The van der Waals surface area contributed by atoms with E-state index in [2.05, 4.69) is 4.90 Å². The van der Waals surface area contributed by atoms with Gasteiger partial charge in [-0.05, 0) is 61.2 Å². The van der Waals surface area contributed by atoms with E-state index in [-0.39, 0.29) is 5.91 Å². The van der Waals surface area contributed by atoms with Gasteiger partial charge in [0.05, 0.1) is 21.3 Å². The molecule has 0 aromatic heterocycles. The Morgan fingerprint density at radius 1 is 1.09 bits per heavy atom. The van der Waals surface area contributed by atoms with Gasteiger partial charge >= 0.3 is 0 Å². The molecule has 9 heteroatoms. The van der Waals surface area contributed by atoms with Crippen molar-refractivity contribution in [1.29, 1.82) is 0 Å². The van der Waals surface area contributed by atoms with E-state index in [0.29, 0.717) is 40.6 Å². The minimum atomic E-state index is -0.0446. The van der Waals surface area contributed by atoms with Crippen LogP contribution in [0.5, 0.6) is 11.5 Å². The van der Waals surface area contributed by atoms with Gasteiger partial charge in [0.25, 0.3) is 5.91 Å². The Balaban J connectivity index is 1.40. The number of hydrogen-bond donors (Lipinski definition) is 0. The first-order valence-corrected chi connectivity index (χ1v) is 12.2. The zero-order valence-corrected chi connectivity index (χ0v) is 19.9. The Hall–Kier alpha value is -2.55. The normalized spacial score (nSPS) is 21.2. The number of aliphatic imine (C=N–C) groups is 1. The van der Waals surface area contributed by atoms with E-state index in [1.807, 2.05) is 62.5 Å². The molecule has 6 nitrogen and oxygen atoms in total. The summed E-state index contributed by atoms with van der Waals surface area (Å²) < 4.78 is 11.2.